The number of hydrogen-bond donors (Lipinski definition) is 0. The van der Waals surface area contributed by atoms with Crippen LogP contribution in [0.3, 0.4) is 0 Å². The van der Waals surface area contributed by atoms with Gasteiger partial charge in [0.1, 0.15) is 0 Å². The molecule has 1 fully saturated rings. The fraction of sp³-hybridized carbons (Fsp3) is 0.941. The molecule has 0 aromatic carbocycles. The van der Waals surface area contributed by atoms with Gasteiger partial charge in [-0.25, -0.2) is 0 Å². The average Bonchev–Trinajstić information content (AvgIpc) is 2.42. The Balaban J connectivity index is 2.83. The molecule has 1 aliphatic carbocycles. The second kappa shape index (κ2) is 7.59. The Bertz CT molecular complexity index is 389. The first-order valence-corrected chi connectivity index (χ1v) is 9.91. The predicted octanol–water partition coefficient (Wildman–Crippen LogP) is 5.41. The Morgan fingerprint density at radius 1 is 0.909 bits per heavy atom. The van der Waals surface area contributed by atoms with Crippen LogP contribution in [0.15, 0.2) is 0 Å². The van der Waals surface area contributed by atoms with Gasteiger partial charge in [0.05, 0.1) is 13.2 Å². The molecule has 0 heterocycles. The van der Waals surface area contributed by atoms with Gasteiger partial charge in [-0.15, -0.1) is 0 Å². The van der Waals surface area contributed by atoms with Crippen LogP contribution < -0.4 is 0 Å². The molecule has 1 saturated carbocycles. The molecule has 0 aliphatic heterocycles. The standard InChI is InChI=1S/C17H33O4P/c1-16(2,3)12-20-22(19,21-13-17(4,5)6)15(18)14-10-8-7-9-11-14/h14H,7-13H2,1-6H3. The van der Waals surface area contributed by atoms with Gasteiger partial charge in [-0.2, -0.15) is 0 Å². The molecule has 0 spiro atoms. The molecular formula is C17H33O4P. The van der Waals surface area contributed by atoms with E-state index in [1.807, 2.05) is 41.5 Å². The minimum atomic E-state index is -3.71. The van der Waals surface area contributed by atoms with E-state index in [2.05, 4.69) is 0 Å². The zero-order valence-corrected chi connectivity index (χ0v) is 16.0. The third-order valence-corrected chi connectivity index (χ3v) is 5.40. The lowest BCUT2D eigenvalue weighted by molar-refractivity contribution is -0.118. The molecule has 0 amide bonds. The number of carbonyl (C=O) groups is 1. The number of rotatable bonds is 6. The Labute approximate surface area is 135 Å². The minimum Gasteiger partial charge on any atom is -0.303 e. The fourth-order valence-corrected chi connectivity index (χ4v) is 4.44. The highest BCUT2D eigenvalue weighted by Crippen LogP contribution is 2.54. The van der Waals surface area contributed by atoms with Crippen LogP contribution in [-0.4, -0.2) is 18.7 Å². The van der Waals surface area contributed by atoms with E-state index in [0.29, 0.717) is 0 Å². The van der Waals surface area contributed by atoms with Crippen LogP contribution in [0.2, 0.25) is 0 Å². The summed E-state index contributed by atoms with van der Waals surface area (Å²) in [6, 6.07) is 0. The molecule has 0 atom stereocenters. The maximum atomic E-state index is 13.1. The van der Waals surface area contributed by atoms with Crippen molar-refractivity contribution in [1.29, 1.82) is 0 Å². The first-order valence-electron chi connectivity index (χ1n) is 8.37. The van der Waals surface area contributed by atoms with Gasteiger partial charge in [0.25, 0.3) is 0 Å². The maximum absolute atomic E-state index is 13.1. The van der Waals surface area contributed by atoms with Crippen molar-refractivity contribution >= 4 is 13.1 Å². The van der Waals surface area contributed by atoms with Crippen molar-refractivity contribution in [1.82, 2.24) is 0 Å². The molecular weight excluding hydrogens is 299 g/mol. The van der Waals surface area contributed by atoms with E-state index in [-0.39, 0.29) is 35.5 Å². The quantitative estimate of drug-likeness (QED) is 0.610. The third kappa shape index (κ3) is 6.93. The van der Waals surface area contributed by atoms with Crippen LogP contribution in [-0.2, 0) is 18.4 Å². The largest absolute Gasteiger partial charge is 0.397 e. The summed E-state index contributed by atoms with van der Waals surface area (Å²) in [6.45, 7) is 12.5. The van der Waals surface area contributed by atoms with Gasteiger partial charge < -0.3 is 9.05 Å². The van der Waals surface area contributed by atoms with E-state index in [9.17, 15) is 9.36 Å². The van der Waals surface area contributed by atoms with E-state index in [0.717, 1.165) is 32.1 Å². The van der Waals surface area contributed by atoms with E-state index < -0.39 is 7.60 Å². The highest BCUT2D eigenvalue weighted by Gasteiger charge is 2.41. The summed E-state index contributed by atoms with van der Waals surface area (Å²) >= 11 is 0. The Morgan fingerprint density at radius 2 is 1.32 bits per heavy atom. The first-order chi connectivity index (χ1) is 9.93. The number of carbonyl (C=O) groups excluding carboxylic acids is 1. The first kappa shape index (κ1) is 19.9. The second-order valence-electron chi connectivity index (χ2n) is 8.84. The Kier molecular flexibility index (Phi) is 6.86. The van der Waals surface area contributed by atoms with E-state index in [1.165, 1.54) is 0 Å². The van der Waals surface area contributed by atoms with Gasteiger partial charge in [0.2, 0.25) is 5.52 Å². The zero-order chi connectivity index (χ0) is 17.0. The average molecular weight is 332 g/mol. The van der Waals surface area contributed by atoms with Crippen molar-refractivity contribution in [2.75, 3.05) is 13.2 Å². The van der Waals surface area contributed by atoms with Crippen molar-refractivity contribution in [3.63, 3.8) is 0 Å². The topological polar surface area (TPSA) is 52.6 Å². The van der Waals surface area contributed by atoms with Crippen molar-refractivity contribution < 1.29 is 18.4 Å². The molecule has 5 heteroatoms. The minimum absolute atomic E-state index is 0.159. The molecule has 4 nitrogen and oxygen atoms in total. The van der Waals surface area contributed by atoms with E-state index >= 15 is 0 Å². The lowest BCUT2D eigenvalue weighted by Crippen LogP contribution is -2.24. The highest BCUT2D eigenvalue weighted by molar-refractivity contribution is 7.71. The number of hydrogen-bond acceptors (Lipinski definition) is 4. The van der Waals surface area contributed by atoms with Gasteiger partial charge in [-0.1, -0.05) is 60.8 Å². The van der Waals surface area contributed by atoms with E-state index in [1.54, 1.807) is 0 Å². The lowest BCUT2D eigenvalue weighted by atomic mass is 9.90. The van der Waals surface area contributed by atoms with Crippen LogP contribution in [0.4, 0.5) is 0 Å². The van der Waals surface area contributed by atoms with Crippen LogP contribution in [0, 0.1) is 16.7 Å². The summed E-state index contributed by atoms with van der Waals surface area (Å²) in [7, 11) is -3.71. The monoisotopic (exact) mass is 332 g/mol. The summed E-state index contributed by atoms with van der Waals surface area (Å²) in [6.07, 6.45) is 4.81. The van der Waals surface area contributed by atoms with Crippen LogP contribution >= 0.6 is 7.60 Å². The SMILES string of the molecule is CC(C)(C)COP(=O)(OCC(C)(C)C)C(=O)C1CCCCC1. The molecule has 1 rings (SSSR count). The lowest BCUT2D eigenvalue weighted by Gasteiger charge is -2.29. The molecule has 0 radical (unpaired) electrons. The summed E-state index contributed by atoms with van der Waals surface area (Å²) in [5, 5.41) is 0. The van der Waals surface area contributed by atoms with Gasteiger partial charge in [-0.05, 0) is 23.7 Å². The molecule has 0 saturated heterocycles. The zero-order valence-electron chi connectivity index (χ0n) is 15.1. The molecule has 0 aromatic rings. The van der Waals surface area contributed by atoms with Crippen LogP contribution in [0.1, 0.15) is 73.6 Å². The normalized spacial score (nSPS) is 18.5. The molecule has 1 aliphatic rings. The van der Waals surface area contributed by atoms with Crippen LogP contribution in [0.5, 0.6) is 0 Å². The van der Waals surface area contributed by atoms with Gasteiger partial charge in [-0.3, -0.25) is 9.36 Å². The van der Waals surface area contributed by atoms with Gasteiger partial charge >= 0.3 is 7.60 Å². The molecule has 130 valence electrons. The Hall–Kier alpha value is -0.180. The third-order valence-electron chi connectivity index (χ3n) is 3.56. The van der Waals surface area contributed by atoms with Crippen LogP contribution in [0.25, 0.3) is 0 Å². The fourth-order valence-electron chi connectivity index (χ4n) is 2.29. The highest BCUT2D eigenvalue weighted by atomic mass is 31.2. The maximum Gasteiger partial charge on any atom is 0.397 e. The molecule has 0 unspecified atom stereocenters. The summed E-state index contributed by atoms with van der Waals surface area (Å²) < 4.78 is 24.3. The predicted molar refractivity (Wildman–Crippen MR) is 90.0 cm³/mol. The van der Waals surface area contributed by atoms with E-state index in [4.69, 9.17) is 9.05 Å². The molecule has 22 heavy (non-hydrogen) atoms. The van der Waals surface area contributed by atoms with Gasteiger partial charge in [0.15, 0.2) is 0 Å². The van der Waals surface area contributed by atoms with Gasteiger partial charge in [0, 0.05) is 5.92 Å². The smallest absolute Gasteiger partial charge is 0.303 e. The summed E-state index contributed by atoms with van der Waals surface area (Å²) in [5.41, 5.74) is -0.623. The molecule has 0 bridgehead atoms. The molecule has 0 N–H and O–H groups in total. The molecule has 0 aromatic heterocycles. The van der Waals surface area contributed by atoms with Crippen molar-refractivity contribution in [3.05, 3.63) is 0 Å². The summed E-state index contributed by atoms with van der Waals surface area (Å²) in [5.74, 6) is -0.167. The second-order valence-corrected chi connectivity index (χ2v) is 10.8. The van der Waals surface area contributed by atoms with Crippen molar-refractivity contribution in [2.45, 2.75) is 73.6 Å². The Morgan fingerprint density at radius 3 is 1.68 bits per heavy atom. The van der Waals surface area contributed by atoms with Crippen molar-refractivity contribution in [3.8, 4) is 0 Å². The van der Waals surface area contributed by atoms with Crippen molar-refractivity contribution in [2.24, 2.45) is 16.7 Å². The summed E-state index contributed by atoms with van der Waals surface area (Å²) in [4.78, 5) is 12.7.